The fourth-order valence-electron chi connectivity index (χ4n) is 3.81. The van der Waals surface area contributed by atoms with Crippen LogP contribution in [0, 0.1) is 0 Å². The van der Waals surface area contributed by atoms with Crippen LogP contribution in [0.2, 0.25) is 0 Å². The maximum atomic E-state index is 11.4. The van der Waals surface area contributed by atoms with Crippen LogP contribution in [0.1, 0.15) is 29.7 Å². The Morgan fingerprint density at radius 2 is 2.08 bits per heavy atom. The molecule has 2 aromatic rings. The molecule has 2 aliphatic rings. The first-order valence-electron chi connectivity index (χ1n) is 8.49. The summed E-state index contributed by atoms with van der Waals surface area (Å²) in [7, 11) is -3.04. The highest BCUT2D eigenvalue weighted by molar-refractivity contribution is 7.89. The molecule has 1 spiro atoms. The largest absolute Gasteiger partial charge is 0.368 e. The molecule has 1 fully saturated rings. The summed E-state index contributed by atoms with van der Waals surface area (Å²) in [5.41, 5.74) is 2.87. The lowest BCUT2D eigenvalue weighted by Gasteiger charge is -2.43. The molecule has 2 aliphatic heterocycles. The number of nitrogens with one attached hydrogen (secondary N) is 1. The number of aromatic amines is 1. The van der Waals surface area contributed by atoms with E-state index in [2.05, 4.69) is 20.1 Å². The zero-order valence-corrected chi connectivity index (χ0v) is 15.1. The second-order valence-electron chi connectivity index (χ2n) is 6.94. The molecule has 0 unspecified atom stereocenters. The normalized spacial score (nSPS) is 19.8. The van der Waals surface area contributed by atoms with Gasteiger partial charge in [-0.3, -0.25) is 5.10 Å². The minimum Gasteiger partial charge on any atom is -0.368 e. The lowest BCUT2D eigenvalue weighted by atomic mass is 9.84. The fraction of sp³-hybridized carbons (Fsp3) is 0.529. The second-order valence-corrected chi connectivity index (χ2v) is 9.08. The summed E-state index contributed by atoms with van der Waals surface area (Å²) < 4.78 is 28.9. The van der Waals surface area contributed by atoms with Crippen LogP contribution in [0.25, 0.3) is 0 Å². The lowest BCUT2D eigenvalue weighted by molar-refractivity contribution is -0.0796. The van der Waals surface area contributed by atoms with Crippen LogP contribution in [-0.4, -0.2) is 49.6 Å². The zero-order valence-electron chi connectivity index (χ0n) is 14.2. The van der Waals surface area contributed by atoms with Crippen molar-refractivity contribution in [3.8, 4) is 0 Å². The average molecular weight is 362 g/mol. The Bertz CT molecular complexity index is 852. The highest BCUT2D eigenvalue weighted by Gasteiger charge is 2.42. The van der Waals surface area contributed by atoms with Gasteiger partial charge in [-0.2, -0.15) is 5.10 Å². The van der Waals surface area contributed by atoms with Crippen LogP contribution < -0.4 is 4.90 Å². The molecule has 0 radical (unpaired) electrons. The van der Waals surface area contributed by atoms with Gasteiger partial charge in [-0.1, -0.05) is 6.07 Å². The van der Waals surface area contributed by atoms with Crippen molar-refractivity contribution >= 4 is 15.7 Å². The Hall–Kier alpha value is -1.93. The quantitative estimate of drug-likeness (QED) is 0.888. The minimum atomic E-state index is -3.04. The molecule has 0 aromatic carbocycles. The molecule has 2 aromatic heterocycles. The fourth-order valence-corrected chi connectivity index (χ4v) is 4.58. The van der Waals surface area contributed by atoms with Gasteiger partial charge in [0.25, 0.3) is 0 Å². The summed E-state index contributed by atoms with van der Waals surface area (Å²) in [5, 5.41) is 7.33. The van der Waals surface area contributed by atoms with Crippen molar-refractivity contribution < 1.29 is 13.2 Å². The van der Waals surface area contributed by atoms with E-state index < -0.39 is 9.84 Å². The van der Waals surface area contributed by atoms with Crippen LogP contribution >= 0.6 is 0 Å². The molecule has 25 heavy (non-hydrogen) atoms. The van der Waals surface area contributed by atoms with Gasteiger partial charge in [-0.25, -0.2) is 13.4 Å². The highest BCUT2D eigenvalue weighted by Crippen LogP contribution is 2.40. The van der Waals surface area contributed by atoms with Crippen molar-refractivity contribution in [2.24, 2.45) is 0 Å². The number of anilines is 1. The van der Waals surface area contributed by atoms with Crippen molar-refractivity contribution in [2.45, 2.75) is 30.6 Å². The van der Waals surface area contributed by atoms with Crippen molar-refractivity contribution in [2.75, 3.05) is 30.9 Å². The van der Waals surface area contributed by atoms with Crippen LogP contribution in [0.5, 0.6) is 0 Å². The first kappa shape index (κ1) is 16.5. The number of rotatable bonds is 3. The molecule has 4 rings (SSSR count). The van der Waals surface area contributed by atoms with Crippen LogP contribution in [0.4, 0.5) is 5.82 Å². The number of nitrogens with zero attached hydrogens (tertiary/aromatic N) is 3. The average Bonchev–Trinajstić information content (AvgIpc) is 3.06. The zero-order chi connectivity index (χ0) is 17.5. The SMILES string of the molecule is CS(=O)(=O)Cc1ccc(N2CCC3(CC2)OCCc2cn[nH]c23)nc1. The van der Waals surface area contributed by atoms with Crippen molar-refractivity contribution in [1.29, 1.82) is 0 Å². The molecule has 1 N–H and O–H groups in total. The number of pyridine rings is 1. The number of aromatic nitrogens is 3. The number of piperidine rings is 1. The maximum absolute atomic E-state index is 11.4. The Balaban J connectivity index is 1.46. The van der Waals surface area contributed by atoms with E-state index in [0.29, 0.717) is 0 Å². The minimum absolute atomic E-state index is 0.0276. The Morgan fingerprint density at radius 3 is 2.76 bits per heavy atom. The third kappa shape index (κ3) is 3.28. The summed E-state index contributed by atoms with van der Waals surface area (Å²) in [6.45, 7) is 2.43. The third-order valence-electron chi connectivity index (χ3n) is 5.06. The summed E-state index contributed by atoms with van der Waals surface area (Å²) in [6.07, 6.45) is 7.49. The molecular formula is C17H22N4O3S. The van der Waals surface area contributed by atoms with Crippen molar-refractivity contribution in [1.82, 2.24) is 15.2 Å². The number of sulfone groups is 1. The standard InChI is InChI=1S/C17H22N4O3S/c1-25(22,23)12-13-2-3-15(18-10-13)21-7-5-17(6-8-21)16-14(4-9-24-17)11-19-20-16/h2-3,10-11H,4-9,12H2,1H3,(H,19,20). The van der Waals surface area contributed by atoms with Gasteiger partial charge in [-0.15, -0.1) is 0 Å². The molecular weight excluding hydrogens is 340 g/mol. The van der Waals surface area contributed by atoms with Gasteiger partial charge in [0.1, 0.15) is 11.4 Å². The summed E-state index contributed by atoms with van der Waals surface area (Å²) >= 11 is 0. The van der Waals surface area contributed by atoms with E-state index in [4.69, 9.17) is 4.74 Å². The Morgan fingerprint density at radius 1 is 1.28 bits per heavy atom. The number of H-pyrrole nitrogens is 1. The molecule has 4 heterocycles. The molecule has 0 amide bonds. The predicted molar refractivity (Wildman–Crippen MR) is 94.2 cm³/mol. The Kier molecular flexibility index (Phi) is 4.04. The van der Waals surface area contributed by atoms with Gasteiger partial charge in [-0.05, 0) is 36.5 Å². The van der Waals surface area contributed by atoms with Gasteiger partial charge < -0.3 is 9.64 Å². The summed E-state index contributed by atoms with van der Waals surface area (Å²) in [6, 6.07) is 3.75. The molecule has 8 heteroatoms. The van der Waals surface area contributed by atoms with E-state index in [1.165, 1.54) is 11.8 Å². The summed E-state index contributed by atoms with van der Waals surface area (Å²) in [5.74, 6) is 0.910. The molecule has 0 saturated carbocycles. The summed E-state index contributed by atoms with van der Waals surface area (Å²) in [4.78, 5) is 6.68. The van der Waals surface area contributed by atoms with E-state index in [0.717, 1.165) is 56.0 Å². The lowest BCUT2D eigenvalue weighted by Crippen LogP contribution is -2.47. The van der Waals surface area contributed by atoms with Gasteiger partial charge in [0.05, 0.1) is 24.3 Å². The van der Waals surface area contributed by atoms with E-state index in [1.54, 1.807) is 6.20 Å². The molecule has 1 saturated heterocycles. The smallest absolute Gasteiger partial charge is 0.151 e. The molecule has 0 bridgehead atoms. The Labute approximate surface area is 147 Å². The second kappa shape index (κ2) is 6.10. The van der Waals surface area contributed by atoms with Crippen molar-refractivity contribution in [3.63, 3.8) is 0 Å². The first-order chi connectivity index (χ1) is 12.0. The first-order valence-corrected chi connectivity index (χ1v) is 10.6. The van der Waals surface area contributed by atoms with E-state index in [9.17, 15) is 8.42 Å². The predicted octanol–water partition coefficient (Wildman–Crippen LogP) is 1.42. The maximum Gasteiger partial charge on any atom is 0.151 e. The van der Waals surface area contributed by atoms with E-state index in [-0.39, 0.29) is 11.4 Å². The van der Waals surface area contributed by atoms with Crippen LogP contribution in [0.3, 0.4) is 0 Å². The van der Waals surface area contributed by atoms with Crippen LogP contribution in [-0.2, 0) is 32.3 Å². The highest BCUT2D eigenvalue weighted by atomic mass is 32.2. The van der Waals surface area contributed by atoms with Crippen LogP contribution in [0.15, 0.2) is 24.5 Å². The number of hydrogen-bond acceptors (Lipinski definition) is 6. The van der Waals surface area contributed by atoms with Gasteiger partial charge in [0.15, 0.2) is 9.84 Å². The topological polar surface area (TPSA) is 88.2 Å². The molecule has 0 atom stereocenters. The van der Waals surface area contributed by atoms with E-state index in [1.807, 2.05) is 18.3 Å². The van der Waals surface area contributed by atoms with Gasteiger partial charge in [0.2, 0.25) is 0 Å². The number of ether oxygens (including phenoxy) is 1. The van der Waals surface area contributed by atoms with Gasteiger partial charge >= 0.3 is 0 Å². The molecule has 7 nitrogen and oxygen atoms in total. The molecule has 134 valence electrons. The van der Waals surface area contributed by atoms with Crippen molar-refractivity contribution in [3.05, 3.63) is 41.3 Å². The number of fused-ring (bicyclic) bond motifs is 2. The number of hydrogen-bond donors (Lipinski definition) is 1. The third-order valence-corrected chi connectivity index (χ3v) is 5.91. The molecule has 0 aliphatic carbocycles. The van der Waals surface area contributed by atoms with Gasteiger partial charge in [0, 0.05) is 25.5 Å². The monoisotopic (exact) mass is 362 g/mol. The van der Waals surface area contributed by atoms with E-state index >= 15 is 0 Å².